The van der Waals surface area contributed by atoms with Crippen LogP contribution in [0.25, 0.3) is 10.9 Å². The number of morpholine rings is 1. The van der Waals surface area contributed by atoms with Crippen molar-refractivity contribution >= 4 is 33.7 Å². The number of ether oxygens (including phenoxy) is 2. The van der Waals surface area contributed by atoms with Crippen molar-refractivity contribution in [1.29, 1.82) is 0 Å². The first kappa shape index (κ1) is 21.5. The highest BCUT2D eigenvalue weighted by atomic mass is 32.1. The number of anilines is 2. The summed E-state index contributed by atoms with van der Waals surface area (Å²) in [6.45, 7) is 5.16. The van der Waals surface area contributed by atoms with E-state index < -0.39 is 0 Å². The van der Waals surface area contributed by atoms with Gasteiger partial charge in [0.05, 0.1) is 18.7 Å². The number of rotatable bonds is 7. The Labute approximate surface area is 191 Å². The van der Waals surface area contributed by atoms with Gasteiger partial charge in [0.1, 0.15) is 23.3 Å². The molecule has 9 nitrogen and oxygen atoms in total. The number of thiazole rings is 1. The molecule has 2 aliphatic rings. The lowest BCUT2D eigenvalue weighted by Gasteiger charge is -2.37. The van der Waals surface area contributed by atoms with Gasteiger partial charge in [-0.2, -0.15) is 0 Å². The quantitative estimate of drug-likeness (QED) is 0.425. The van der Waals surface area contributed by atoms with E-state index in [1.807, 2.05) is 11.6 Å². The van der Waals surface area contributed by atoms with Gasteiger partial charge in [-0.15, -0.1) is 11.3 Å². The van der Waals surface area contributed by atoms with Crippen molar-refractivity contribution in [3.05, 3.63) is 41.1 Å². The van der Waals surface area contributed by atoms with Crippen molar-refractivity contribution in [2.75, 3.05) is 56.0 Å². The first-order valence-electron chi connectivity index (χ1n) is 11.0. The Morgan fingerprint density at radius 1 is 1.16 bits per heavy atom. The summed E-state index contributed by atoms with van der Waals surface area (Å²) in [6.07, 6.45) is 5.43. The summed E-state index contributed by atoms with van der Waals surface area (Å²) in [7, 11) is 0. The molecule has 2 unspecified atom stereocenters. The van der Waals surface area contributed by atoms with Crippen LogP contribution in [0.15, 0.2) is 36.1 Å². The molecule has 0 saturated carbocycles. The monoisotopic (exact) mass is 456 g/mol. The molecule has 0 aliphatic carbocycles. The summed E-state index contributed by atoms with van der Waals surface area (Å²) < 4.78 is 11.4. The minimum atomic E-state index is -0.151. The maximum atomic E-state index is 5.96. The predicted molar refractivity (Wildman–Crippen MR) is 124 cm³/mol. The van der Waals surface area contributed by atoms with E-state index in [1.54, 1.807) is 17.7 Å². The molecule has 32 heavy (non-hydrogen) atoms. The van der Waals surface area contributed by atoms with Gasteiger partial charge in [-0.05, 0) is 31.0 Å². The van der Waals surface area contributed by atoms with Crippen LogP contribution in [-0.4, -0.2) is 61.1 Å². The van der Waals surface area contributed by atoms with Crippen LogP contribution >= 0.6 is 11.3 Å². The lowest BCUT2D eigenvalue weighted by Crippen LogP contribution is -2.39. The molecule has 2 saturated heterocycles. The molecule has 1 aromatic carbocycles. The highest BCUT2D eigenvalue weighted by Gasteiger charge is 2.32. The van der Waals surface area contributed by atoms with E-state index in [0.717, 1.165) is 74.0 Å². The van der Waals surface area contributed by atoms with Gasteiger partial charge in [0, 0.05) is 54.7 Å². The SMILES string of the molecule is NOCOC(c1nccs1)C1CCCN(c2ncnc3cc(N4CCOCC4)ccc23)C1. The zero-order valence-electron chi connectivity index (χ0n) is 17.9. The van der Waals surface area contributed by atoms with E-state index >= 15 is 0 Å². The van der Waals surface area contributed by atoms with Gasteiger partial charge < -0.3 is 19.3 Å². The molecule has 4 heterocycles. The number of aromatic nitrogens is 3. The Bertz CT molecular complexity index is 1010. The van der Waals surface area contributed by atoms with Crippen molar-refractivity contribution in [3.8, 4) is 0 Å². The number of nitrogens with zero attached hydrogens (tertiary/aromatic N) is 5. The number of fused-ring (bicyclic) bond motifs is 1. The van der Waals surface area contributed by atoms with Crippen LogP contribution in [-0.2, 0) is 14.3 Å². The Balaban J connectivity index is 1.39. The Kier molecular flexibility index (Phi) is 6.75. The van der Waals surface area contributed by atoms with Crippen LogP contribution in [0.2, 0.25) is 0 Å². The van der Waals surface area contributed by atoms with E-state index in [9.17, 15) is 0 Å². The third-order valence-corrected chi connectivity index (χ3v) is 7.01. The summed E-state index contributed by atoms with van der Waals surface area (Å²) in [5.74, 6) is 6.47. The van der Waals surface area contributed by atoms with Crippen LogP contribution in [0.5, 0.6) is 0 Å². The van der Waals surface area contributed by atoms with Crippen LogP contribution in [0.4, 0.5) is 11.5 Å². The smallest absolute Gasteiger partial charge is 0.167 e. The van der Waals surface area contributed by atoms with Crippen LogP contribution in [0.1, 0.15) is 24.0 Å². The highest BCUT2D eigenvalue weighted by molar-refractivity contribution is 7.09. The summed E-state index contributed by atoms with van der Waals surface area (Å²) in [5, 5.41) is 4.00. The Morgan fingerprint density at radius 2 is 2.06 bits per heavy atom. The Hall–Kier alpha value is -2.37. The maximum absolute atomic E-state index is 5.96. The fraction of sp³-hybridized carbons (Fsp3) is 0.500. The normalized spacial score (nSPS) is 20.6. The largest absolute Gasteiger partial charge is 0.378 e. The number of hydrogen-bond donors (Lipinski definition) is 1. The molecule has 2 N–H and O–H groups in total. The Morgan fingerprint density at radius 3 is 2.88 bits per heavy atom. The molecule has 0 radical (unpaired) electrons. The fourth-order valence-corrected chi connectivity index (χ4v) is 5.42. The van der Waals surface area contributed by atoms with Gasteiger partial charge in [-0.3, -0.25) is 4.84 Å². The average molecular weight is 457 g/mol. The van der Waals surface area contributed by atoms with Crippen molar-refractivity contribution in [2.24, 2.45) is 11.8 Å². The first-order valence-corrected chi connectivity index (χ1v) is 11.9. The van der Waals surface area contributed by atoms with E-state index in [4.69, 9.17) is 20.2 Å². The van der Waals surface area contributed by atoms with Gasteiger partial charge in [-0.25, -0.2) is 20.8 Å². The average Bonchev–Trinajstić information content (AvgIpc) is 3.39. The van der Waals surface area contributed by atoms with Gasteiger partial charge in [0.2, 0.25) is 0 Å². The van der Waals surface area contributed by atoms with Crippen LogP contribution in [0.3, 0.4) is 0 Å². The summed E-state index contributed by atoms with van der Waals surface area (Å²) in [4.78, 5) is 23.1. The molecule has 0 bridgehead atoms. The molecule has 5 rings (SSSR count). The molecule has 2 fully saturated rings. The zero-order chi connectivity index (χ0) is 21.8. The first-order chi connectivity index (χ1) is 15.8. The molecule has 2 atom stereocenters. The molecule has 2 aliphatic heterocycles. The molecule has 170 valence electrons. The molecule has 10 heteroatoms. The van der Waals surface area contributed by atoms with E-state index in [1.165, 1.54) is 5.69 Å². The van der Waals surface area contributed by atoms with E-state index in [2.05, 4.69) is 43.0 Å². The van der Waals surface area contributed by atoms with Crippen molar-refractivity contribution in [1.82, 2.24) is 15.0 Å². The number of nitrogens with two attached hydrogens (primary N) is 1. The lowest BCUT2D eigenvalue weighted by atomic mass is 9.92. The zero-order valence-corrected chi connectivity index (χ0v) is 18.7. The lowest BCUT2D eigenvalue weighted by molar-refractivity contribution is -0.112. The van der Waals surface area contributed by atoms with E-state index in [0.29, 0.717) is 0 Å². The molecule has 2 aromatic heterocycles. The standard InChI is InChI=1S/C22H28N6O3S/c23-31-15-30-20(22-24-5-11-32-22)16-2-1-6-28(13-16)21-18-4-3-17(12-19(18)25-14-26-21)27-7-9-29-10-8-27/h3-5,11-12,14,16,20H,1-2,6-10,13,15,23H2. The maximum Gasteiger partial charge on any atom is 0.167 e. The minimum absolute atomic E-state index is 0.0432. The van der Waals surface area contributed by atoms with E-state index in [-0.39, 0.29) is 18.8 Å². The van der Waals surface area contributed by atoms with Crippen molar-refractivity contribution < 1.29 is 14.3 Å². The predicted octanol–water partition coefficient (Wildman–Crippen LogP) is 2.75. The second-order valence-corrected chi connectivity index (χ2v) is 9.01. The van der Waals surface area contributed by atoms with Crippen LogP contribution in [0, 0.1) is 5.92 Å². The minimum Gasteiger partial charge on any atom is -0.378 e. The number of benzene rings is 1. The molecule has 3 aromatic rings. The van der Waals surface area contributed by atoms with Gasteiger partial charge in [-0.1, -0.05) is 0 Å². The molecular formula is C22H28N6O3S. The van der Waals surface area contributed by atoms with Gasteiger partial charge in [0.15, 0.2) is 6.79 Å². The fourth-order valence-electron chi connectivity index (χ4n) is 4.65. The number of piperidine rings is 1. The molecule has 0 amide bonds. The highest BCUT2D eigenvalue weighted by Crippen LogP contribution is 2.36. The molecule has 0 spiro atoms. The summed E-state index contributed by atoms with van der Waals surface area (Å²) in [5.41, 5.74) is 2.14. The van der Waals surface area contributed by atoms with Crippen molar-refractivity contribution in [3.63, 3.8) is 0 Å². The van der Waals surface area contributed by atoms with Gasteiger partial charge >= 0.3 is 0 Å². The second kappa shape index (κ2) is 10.1. The van der Waals surface area contributed by atoms with Crippen molar-refractivity contribution in [2.45, 2.75) is 18.9 Å². The van der Waals surface area contributed by atoms with Gasteiger partial charge in [0.25, 0.3) is 0 Å². The second-order valence-electron chi connectivity index (χ2n) is 8.09. The van der Waals surface area contributed by atoms with Crippen LogP contribution < -0.4 is 15.7 Å². The third-order valence-electron chi connectivity index (χ3n) is 6.17. The number of hydrogen-bond acceptors (Lipinski definition) is 10. The summed E-state index contributed by atoms with van der Waals surface area (Å²) in [6, 6.07) is 6.48. The summed E-state index contributed by atoms with van der Waals surface area (Å²) >= 11 is 1.60. The third kappa shape index (κ3) is 4.55. The topological polar surface area (TPSA) is 98.9 Å². The molecular weight excluding hydrogens is 428 g/mol.